The van der Waals surface area contributed by atoms with Crippen LogP contribution in [0.2, 0.25) is 0 Å². The highest BCUT2D eigenvalue weighted by Gasteiger charge is 2.16. The van der Waals surface area contributed by atoms with Crippen LogP contribution in [0.25, 0.3) is 0 Å². The number of imidazole rings is 2. The average molecular weight is 594 g/mol. The lowest BCUT2D eigenvalue weighted by atomic mass is 9.87. The molecule has 45 heavy (non-hydrogen) atoms. The summed E-state index contributed by atoms with van der Waals surface area (Å²) in [5, 5.41) is 3.59. The second kappa shape index (κ2) is 15.8. The van der Waals surface area contributed by atoms with E-state index in [2.05, 4.69) is 137 Å². The molecule has 0 aliphatic heterocycles. The lowest BCUT2D eigenvalue weighted by molar-refractivity contribution is 0.665. The number of rotatable bonds is 16. The molecule has 6 aromatic rings. The molecule has 2 heterocycles. The molecule has 0 aliphatic rings. The van der Waals surface area contributed by atoms with Gasteiger partial charge in [0.15, 0.2) is 0 Å². The predicted octanol–water partition coefficient (Wildman–Crippen LogP) is 8.04. The molecule has 2 aromatic heterocycles. The van der Waals surface area contributed by atoms with Gasteiger partial charge in [-0.05, 0) is 35.1 Å². The van der Waals surface area contributed by atoms with Crippen LogP contribution in [0.4, 0.5) is 0 Å². The summed E-state index contributed by atoms with van der Waals surface area (Å²) in [6.07, 6.45) is 9.73. The minimum absolute atomic E-state index is 0.361. The summed E-state index contributed by atoms with van der Waals surface area (Å²) < 4.78 is 0. The second-order valence-corrected chi connectivity index (χ2v) is 11.8. The van der Waals surface area contributed by atoms with Crippen molar-refractivity contribution in [3.8, 4) is 0 Å². The summed E-state index contributed by atoms with van der Waals surface area (Å²) >= 11 is 0. The van der Waals surface area contributed by atoms with Crippen LogP contribution in [0.3, 0.4) is 0 Å². The van der Waals surface area contributed by atoms with Gasteiger partial charge in [0.05, 0.1) is 0 Å². The SMILES string of the molecule is c1ccc(C(CCc2ncc(CCNCCc3cnc(CCC(c4ccccc4)c4ccccc4)[nH]3)[nH]2)c2ccccc2)cc1. The van der Waals surface area contributed by atoms with Crippen molar-refractivity contribution in [2.45, 2.75) is 50.4 Å². The first-order valence-electron chi connectivity index (χ1n) is 16.3. The molecule has 0 atom stereocenters. The van der Waals surface area contributed by atoms with Crippen LogP contribution in [0.15, 0.2) is 134 Å². The Bertz CT molecular complexity index is 1470. The minimum atomic E-state index is 0.361. The molecule has 0 unspecified atom stereocenters. The molecular formula is C40H43N5. The first kappa shape index (κ1) is 30.3. The Labute approximate surface area is 267 Å². The van der Waals surface area contributed by atoms with Crippen LogP contribution in [-0.4, -0.2) is 33.0 Å². The molecule has 0 saturated heterocycles. The summed E-state index contributed by atoms with van der Waals surface area (Å²) in [7, 11) is 0. The summed E-state index contributed by atoms with van der Waals surface area (Å²) in [5.74, 6) is 2.85. The summed E-state index contributed by atoms with van der Waals surface area (Å²) in [4.78, 5) is 16.5. The molecule has 228 valence electrons. The lowest BCUT2D eigenvalue weighted by Gasteiger charge is -2.17. The number of nitrogens with zero attached hydrogens (tertiary/aromatic N) is 2. The van der Waals surface area contributed by atoms with E-state index in [0.717, 1.165) is 63.3 Å². The van der Waals surface area contributed by atoms with Gasteiger partial charge >= 0.3 is 0 Å². The molecule has 5 heteroatoms. The fourth-order valence-electron chi connectivity index (χ4n) is 6.25. The number of hydrogen-bond acceptors (Lipinski definition) is 3. The van der Waals surface area contributed by atoms with Gasteiger partial charge in [-0.3, -0.25) is 0 Å². The van der Waals surface area contributed by atoms with E-state index < -0.39 is 0 Å². The highest BCUT2D eigenvalue weighted by molar-refractivity contribution is 5.33. The molecule has 0 aliphatic carbocycles. The molecule has 0 spiro atoms. The van der Waals surface area contributed by atoms with Crippen molar-refractivity contribution in [1.29, 1.82) is 0 Å². The number of nitrogens with one attached hydrogen (secondary N) is 3. The van der Waals surface area contributed by atoms with E-state index in [1.165, 1.54) is 33.6 Å². The molecule has 4 aromatic carbocycles. The fraction of sp³-hybridized carbons (Fsp3) is 0.250. The number of benzene rings is 4. The molecule has 6 rings (SSSR count). The Hall–Kier alpha value is -4.74. The van der Waals surface area contributed by atoms with Crippen molar-refractivity contribution in [3.63, 3.8) is 0 Å². The van der Waals surface area contributed by atoms with Crippen LogP contribution < -0.4 is 5.32 Å². The summed E-state index contributed by atoms with van der Waals surface area (Å²) in [6.45, 7) is 1.82. The number of aromatic nitrogens is 4. The zero-order chi connectivity index (χ0) is 30.5. The number of H-pyrrole nitrogens is 2. The highest BCUT2D eigenvalue weighted by atomic mass is 14.9. The topological polar surface area (TPSA) is 69.4 Å². The number of hydrogen-bond donors (Lipinski definition) is 3. The van der Waals surface area contributed by atoms with Crippen LogP contribution in [-0.2, 0) is 25.7 Å². The van der Waals surface area contributed by atoms with Gasteiger partial charge in [-0.15, -0.1) is 0 Å². The third-order valence-corrected chi connectivity index (χ3v) is 8.65. The molecule has 0 radical (unpaired) electrons. The Kier molecular flexibility index (Phi) is 10.7. The largest absolute Gasteiger partial charge is 0.346 e. The second-order valence-electron chi connectivity index (χ2n) is 11.8. The monoisotopic (exact) mass is 593 g/mol. The van der Waals surface area contributed by atoms with Crippen molar-refractivity contribution in [3.05, 3.63) is 179 Å². The van der Waals surface area contributed by atoms with E-state index in [-0.39, 0.29) is 0 Å². The van der Waals surface area contributed by atoms with Crippen molar-refractivity contribution in [2.75, 3.05) is 13.1 Å². The molecule has 5 nitrogen and oxygen atoms in total. The lowest BCUT2D eigenvalue weighted by Crippen LogP contribution is -2.20. The third-order valence-electron chi connectivity index (χ3n) is 8.65. The van der Waals surface area contributed by atoms with Crippen LogP contribution in [0, 0.1) is 0 Å². The van der Waals surface area contributed by atoms with Crippen molar-refractivity contribution in [1.82, 2.24) is 25.3 Å². The molecular weight excluding hydrogens is 550 g/mol. The normalized spacial score (nSPS) is 11.4. The van der Waals surface area contributed by atoms with Gasteiger partial charge in [0.25, 0.3) is 0 Å². The summed E-state index contributed by atoms with van der Waals surface area (Å²) in [6, 6.07) is 43.2. The van der Waals surface area contributed by atoms with E-state index in [4.69, 9.17) is 9.97 Å². The Balaban J connectivity index is 0.932. The van der Waals surface area contributed by atoms with Crippen molar-refractivity contribution < 1.29 is 0 Å². The quantitative estimate of drug-likeness (QED) is 0.0995. The van der Waals surface area contributed by atoms with Gasteiger partial charge in [-0.1, -0.05) is 121 Å². The van der Waals surface area contributed by atoms with Gasteiger partial charge in [-0.25, -0.2) is 9.97 Å². The first-order valence-corrected chi connectivity index (χ1v) is 16.3. The first-order chi connectivity index (χ1) is 22.3. The van der Waals surface area contributed by atoms with Crippen LogP contribution in [0.1, 0.15) is 70.0 Å². The highest BCUT2D eigenvalue weighted by Crippen LogP contribution is 2.30. The maximum atomic E-state index is 4.70. The average Bonchev–Trinajstić information content (AvgIpc) is 3.76. The van der Waals surface area contributed by atoms with E-state index in [1.807, 2.05) is 12.4 Å². The van der Waals surface area contributed by atoms with Crippen LogP contribution >= 0.6 is 0 Å². The Morgan fingerprint density at radius 2 is 0.778 bits per heavy atom. The Morgan fingerprint density at radius 1 is 0.444 bits per heavy atom. The smallest absolute Gasteiger partial charge is 0.106 e. The van der Waals surface area contributed by atoms with E-state index in [9.17, 15) is 0 Å². The fourth-order valence-corrected chi connectivity index (χ4v) is 6.25. The van der Waals surface area contributed by atoms with E-state index >= 15 is 0 Å². The Morgan fingerprint density at radius 3 is 1.11 bits per heavy atom. The molecule has 0 amide bonds. The number of aryl methyl sites for hydroxylation is 2. The van der Waals surface area contributed by atoms with Crippen molar-refractivity contribution >= 4 is 0 Å². The van der Waals surface area contributed by atoms with Crippen LogP contribution in [0.5, 0.6) is 0 Å². The van der Waals surface area contributed by atoms with Gasteiger partial charge in [-0.2, -0.15) is 0 Å². The number of aromatic amines is 2. The van der Waals surface area contributed by atoms with Gasteiger partial charge < -0.3 is 15.3 Å². The van der Waals surface area contributed by atoms with Gasteiger partial charge in [0.2, 0.25) is 0 Å². The zero-order valence-electron chi connectivity index (χ0n) is 25.9. The van der Waals surface area contributed by atoms with Gasteiger partial charge in [0.1, 0.15) is 11.6 Å². The summed E-state index contributed by atoms with van der Waals surface area (Å²) in [5.41, 5.74) is 7.79. The minimum Gasteiger partial charge on any atom is -0.346 e. The maximum absolute atomic E-state index is 4.70. The standard InChI is InChI=1S/C40H43N5/c1-5-13-31(14-6-1)37(32-15-7-2-8-16-32)21-23-39-42-29-35(44-39)25-27-41-28-26-36-30-43-40(45-36)24-22-38(33-17-9-3-10-18-33)34-19-11-4-12-20-34/h1-20,29-30,37-38,41H,21-28H2,(H,42,44)(H,43,45). The molecule has 0 saturated carbocycles. The maximum Gasteiger partial charge on any atom is 0.106 e. The van der Waals surface area contributed by atoms with Crippen molar-refractivity contribution in [2.24, 2.45) is 0 Å². The molecule has 3 N–H and O–H groups in total. The third kappa shape index (κ3) is 8.68. The predicted molar refractivity (Wildman–Crippen MR) is 184 cm³/mol. The molecule has 0 bridgehead atoms. The van der Waals surface area contributed by atoms with E-state index in [0.29, 0.717) is 11.8 Å². The van der Waals surface area contributed by atoms with Gasteiger partial charge in [0, 0.05) is 74.4 Å². The van der Waals surface area contributed by atoms with E-state index in [1.54, 1.807) is 0 Å². The zero-order valence-corrected chi connectivity index (χ0v) is 25.9. The molecule has 0 fully saturated rings.